The van der Waals surface area contributed by atoms with Crippen LogP contribution in [0.2, 0.25) is 0 Å². The second kappa shape index (κ2) is 5.52. The molecule has 17 heavy (non-hydrogen) atoms. The van der Waals surface area contributed by atoms with Gasteiger partial charge in [-0.25, -0.2) is 0 Å². The third-order valence-corrected chi connectivity index (χ3v) is 3.15. The van der Waals surface area contributed by atoms with Crippen molar-refractivity contribution in [2.24, 2.45) is 0 Å². The molecule has 2 rings (SSSR count). The standard InChI is InChI=1S/C14H16BrNO/c1-10(2)16-9-11-4-3-5-12(8-11)14-13(15)6-7-17-14/h3-8,10,16H,9H2,1-2H3. The lowest BCUT2D eigenvalue weighted by atomic mass is 10.1. The third kappa shape index (κ3) is 3.20. The van der Waals surface area contributed by atoms with E-state index in [4.69, 9.17) is 4.42 Å². The van der Waals surface area contributed by atoms with Gasteiger partial charge in [0.2, 0.25) is 0 Å². The van der Waals surface area contributed by atoms with Crippen molar-refractivity contribution in [2.45, 2.75) is 26.4 Å². The van der Waals surface area contributed by atoms with Crippen LogP contribution in [0.4, 0.5) is 0 Å². The number of hydrogen-bond acceptors (Lipinski definition) is 2. The molecule has 1 aromatic heterocycles. The molecule has 1 aromatic carbocycles. The lowest BCUT2D eigenvalue weighted by Crippen LogP contribution is -2.21. The minimum absolute atomic E-state index is 0.494. The quantitative estimate of drug-likeness (QED) is 0.914. The van der Waals surface area contributed by atoms with Crippen molar-refractivity contribution in [3.63, 3.8) is 0 Å². The van der Waals surface area contributed by atoms with Gasteiger partial charge in [0, 0.05) is 18.2 Å². The van der Waals surface area contributed by atoms with E-state index in [9.17, 15) is 0 Å². The Morgan fingerprint density at radius 3 is 2.76 bits per heavy atom. The topological polar surface area (TPSA) is 25.2 Å². The van der Waals surface area contributed by atoms with Crippen molar-refractivity contribution in [2.75, 3.05) is 0 Å². The third-order valence-electron chi connectivity index (χ3n) is 2.52. The summed E-state index contributed by atoms with van der Waals surface area (Å²) >= 11 is 3.48. The summed E-state index contributed by atoms with van der Waals surface area (Å²) in [6, 6.07) is 10.8. The van der Waals surface area contributed by atoms with Crippen LogP contribution in [0.25, 0.3) is 11.3 Å². The molecule has 0 amide bonds. The van der Waals surface area contributed by atoms with Crippen LogP contribution in [0.1, 0.15) is 19.4 Å². The first-order valence-electron chi connectivity index (χ1n) is 5.72. The van der Waals surface area contributed by atoms with E-state index in [0.29, 0.717) is 6.04 Å². The second-order valence-electron chi connectivity index (χ2n) is 4.33. The molecule has 1 heterocycles. The fourth-order valence-corrected chi connectivity index (χ4v) is 2.07. The molecule has 90 valence electrons. The highest BCUT2D eigenvalue weighted by Gasteiger charge is 2.07. The van der Waals surface area contributed by atoms with Gasteiger partial charge in [-0.1, -0.05) is 32.0 Å². The summed E-state index contributed by atoms with van der Waals surface area (Å²) in [5, 5.41) is 3.41. The molecular formula is C14H16BrNO. The van der Waals surface area contributed by atoms with Gasteiger partial charge in [0.1, 0.15) is 5.76 Å². The molecule has 0 spiro atoms. The van der Waals surface area contributed by atoms with E-state index >= 15 is 0 Å². The Morgan fingerprint density at radius 2 is 2.12 bits per heavy atom. The molecule has 0 saturated carbocycles. The van der Waals surface area contributed by atoms with Crippen LogP contribution >= 0.6 is 15.9 Å². The van der Waals surface area contributed by atoms with Gasteiger partial charge in [0.25, 0.3) is 0 Å². The van der Waals surface area contributed by atoms with Crippen molar-refractivity contribution < 1.29 is 4.42 Å². The molecule has 0 aliphatic heterocycles. The maximum atomic E-state index is 5.46. The molecule has 0 bridgehead atoms. The SMILES string of the molecule is CC(C)NCc1cccc(-c2occc2Br)c1. The lowest BCUT2D eigenvalue weighted by Gasteiger charge is -2.09. The molecule has 0 saturated heterocycles. The summed E-state index contributed by atoms with van der Waals surface area (Å²) in [7, 11) is 0. The maximum Gasteiger partial charge on any atom is 0.148 e. The minimum atomic E-state index is 0.494. The Hall–Kier alpha value is -1.06. The van der Waals surface area contributed by atoms with Crippen LogP contribution in [0, 0.1) is 0 Å². The molecule has 0 aliphatic carbocycles. The Morgan fingerprint density at radius 1 is 1.29 bits per heavy atom. The van der Waals surface area contributed by atoms with Gasteiger partial charge in [-0.15, -0.1) is 0 Å². The zero-order chi connectivity index (χ0) is 12.3. The van der Waals surface area contributed by atoms with Gasteiger partial charge < -0.3 is 9.73 Å². The molecule has 2 nitrogen and oxygen atoms in total. The van der Waals surface area contributed by atoms with Crippen LogP contribution < -0.4 is 5.32 Å². The van der Waals surface area contributed by atoms with Crippen LogP contribution in [-0.4, -0.2) is 6.04 Å². The molecule has 3 heteroatoms. The number of furan rings is 1. The van der Waals surface area contributed by atoms with Crippen molar-refractivity contribution in [1.82, 2.24) is 5.32 Å². The van der Waals surface area contributed by atoms with Gasteiger partial charge in [0.05, 0.1) is 10.7 Å². The molecule has 0 radical (unpaired) electrons. The Bertz CT molecular complexity index is 490. The summed E-state index contributed by atoms with van der Waals surface area (Å²) in [4.78, 5) is 0. The Kier molecular flexibility index (Phi) is 4.02. The number of benzene rings is 1. The monoisotopic (exact) mass is 293 g/mol. The highest BCUT2D eigenvalue weighted by atomic mass is 79.9. The number of halogens is 1. The largest absolute Gasteiger partial charge is 0.463 e. The lowest BCUT2D eigenvalue weighted by molar-refractivity contribution is 0.579. The zero-order valence-electron chi connectivity index (χ0n) is 10.0. The predicted molar refractivity (Wildman–Crippen MR) is 73.8 cm³/mol. The van der Waals surface area contributed by atoms with Gasteiger partial charge in [0.15, 0.2) is 0 Å². The van der Waals surface area contributed by atoms with E-state index in [1.165, 1.54) is 5.56 Å². The first-order valence-corrected chi connectivity index (χ1v) is 6.52. The Balaban J connectivity index is 2.20. The molecule has 0 aliphatic rings. The van der Waals surface area contributed by atoms with Gasteiger partial charge in [-0.05, 0) is 33.6 Å². The molecule has 2 aromatic rings. The fraction of sp³-hybridized carbons (Fsp3) is 0.286. The van der Waals surface area contributed by atoms with Crippen molar-refractivity contribution in [3.8, 4) is 11.3 Å². The van der Waals surface area contributed by atoms with Gasteiger partial charge in [-0.2, -0.15) is 0 Å². The molecular weight excluding hydrogens is 278 g/mol. The number of rotatable bonds is 4. The fourth-order valence-electron chi connectivity index (χ4n) is 1.64. The highest BCUT2D eigenvalue weighted by Crippen LogP contribution is 2.29. The van der Waals surface area contributed by atoms with Crippen LogP contribution in [0.5, 0.6) is 0 Å². The van der Waals surface area contributed by atoms with Crippen LogP contribution in [-0.2, 0) is 6.54 Å². The number of hydrogen-bond donors (Lipinski definition) is 1. The molecule has 0 fully saturated rings. The van der Waals surface area contributed by atoms with Crippen molar-refractivity contribution in [3.05, 3.63) is 46.6 Å². The van der Waals surface area contributed by atoms with Gasteiger partial charge >= 0.3 is 0 Å². The molecule has 0 unspecified atom stereocenters. The van der Waals surface area contributed by atoms with E-state index < -0.39 is 0 Å². The number of nitrogens with one attached hydrogen (secondary N) is 1. The van der Waals surface area contributed by atoms with E-state index in [0.717, 1.165) is 22.3 Å². The summed E-state index contributed by atoms with van der Waals surface area (Å²) in [6.45, 7) is 5.17. The predicted octanol–water partition coefficient (Wildman–Crippen LogP) is 4.21. The van der Waals surface area contributed by atoms with Gasteiger partial charge in [-0.3, -0.25) is 0 Å². The average molecular weight is 294 g/mol. The van der Waals surface area contributed by atoms with Crippen molar-refractivity contribution in [1.29, 1.82) is 0 Å². The summed E-state index contributed by atoms with van der Waals surface area (Å²) in [5.41, 5.74) is 2.37. The maximum absolute atomic E-state index is 5.46. The first-order chi connectivity index (χ1) is 8.16. The smallest absolute Gasteiger partial charge is 0.148 e. The van der Waals surface area contributed by atoms with E-state index in [2.05, 4.69) is 59.4 Å². The Labute approximate surface area is 110 Å². The second-order valence-corrected chi connectivity index (χ2v) is 5.19. The molecule has 1 N–H and O–H groups in total. The summed E-state index contributed by atoms with van der Waals surface area (Å²) in [5.74, 6) is 0.886. The normalized spacial score (nSPS) is 11.1. The van der Waals surface area contributed by atoms with Crippen molar-refractivity contribution >= 4 is 15.9 Å². The highest BCUT2D eigenvalue weighted by molar-refractivity contribution is 9.10. The van der Waals surface area contributed by atoms with E-state index in [1.54, 1.807) is 6.26 Å². The molecule has 0 atom stereocenters. The zero-order valence-corrected chi connectivity index (χ0v) is 11.6. The average Bonchev–Trinajstić information content (AvgIpc) is 2.73. The van der Waals surface area contributed by atoms with E-state index in [-0.39, 0.29) is 0 Å². The van der Waals surface area contributed by atoms with Crippen LogP contribution in [0.3, 0.4) is 0 Å². The summed E-state index contributed by atoms with van der Waals surface area (Å²) in [6.07, 6.45) is 1.69. The minimum Gasteiger partial charge on any atom is -0.463 e. The van der Waals surface area contributed by atoms with Crippen LogP contribution in [0.15, 0.2) is 45.5 Å². The first kappa shape index (κ1) is 12.4. The summed E-state index contributed by atoms with van der Waals surface area (Å²) < 4.78 is 6.46. The van der Waals surface area contributed by atoms with E-state index in [1.807, 2.05) is 6.07 Å².